The van der Waals surface area contributed by atoms with Gasteiger partial charge in [-0.05, 0) is 44.9 Å². The van der Waals surface area contributed by atoms with E-state index >= 15 is 0 Å². The van der Waals surface area contributed by atoms with E-state index < -0.39 is 0 Å². The standard InChI is InChI=1S/C14H19N3/c1-15-14(10-17(2)3)12-6-7-13-11(9-12)5-4-8-16-13/h4-9,14-15H,10H2,1-3H3. The monoisotopic (exact) mass is 229 g/mol. The maximum atomic E-state index is 4.34. The van der Waals surface area contributed by atoms with Crippen LogP contribution in [-0.4, -0.2) is 37.6 Å². The quantitative estimate of drug-likeness (QED) is 0.869. The van der Waals surface area contributed by atoms with Crippen molar-refractivity contribution in [2.45, 2.75) is 6.04 Å². The lowest BCUT2D eigenvalue weighted by Crippen LogP contribution is -2.28. The van der Waals surface area contributed by atoms with Crippen molar-refractivity contribution in [3.63, 3.8) is 0 Å². The number of nitrogens with zero attached hydrogens (tertiary/aromatic N) is 2. The molecule has 0 aliphatic rings. The highest BCUT2D eigenvalue weighted by Crippen LogP contribution is 2.19. The molecule has 0 fully saturated rings. The van der Waals surface area contributed by atoms with Gasteiger partial charge in [0.2, 0.25) is 0 Å². The first kappa shape index (κ1) is 12.0. The minimum atomic E-state index is 0.356. The van der Waals surface area contributed by atoms with E-state index in [-0.39, 0.29) is 0 Å². The molecule has 0 radical (unpaired) electrons. The topological polar surface area (TPSA) is 28.2 Å². The molecule has 3 nitrogen and oxygen atoms in total. The molecule has 2 aromatic rings. The number of benzene rings is 1. The molecule has 0 bridgehead atoms. The van der Waals surface area contributed by atoms with Crippen LogP contribution in [0.15, 0.2) is 36.5 Å². The zero-order chi connectivity index (χ0) is 12.3. The zero-order valence-electron chi connectivity index (χ0n) is 10.6. The van der Waals surface area contributed by atoms with Crippen LogP contribution in [0, 0.1) is 0 Å². The minimum absolute atomic E-state index is 0.356. The van der Waals surface area contributed by atoms with E-state index in [4.69, 9.17) is 0 Å². The lowest BCUT2D eigenvalue weighted by Gasteiger charge is -2.21. The first-order chi connectivity index (χ1) is 8.20. The van der Waals surface area contributed by atoms with Gasteiger partial charge in [0.25, 0.3) is 0 Å². The van der Waals surface area contributed by atoms with Gasteiger partial charge in [-0.15, -0.1) is 0 Å². The van der Waals surface area contributed by atoms with E-state index in [1.807, 2.05) is 19.3 Å². The molecule has 0 saturated heterocycles. The Morgan fingerprint density at radius 2 is 2.12 bits per heavy atom. The fourth-order valence-electron chi connectivity index (χ4n) is 2.04. The highest BCUT2D eigenvalue weighted by Gasteiger charge is 2.10. The van der Waals surface area contributed by atoms with E-state index in [1.165, 1.54) is 10.9 Å². The van der Waals surface area contributed by atoms with Gasteiger partial charge < -0.3 is 10.2 Å². The second-order valence-corrected chi connectivity index (χ2v) is 4.56. The second-order valence-electron chi connectivity index (χ2n) is 4.56. The first-order valence-electron chi connectivity index (χ1n) is 5.87. The van der Waals surface area contributed by atoms with Gasteiger partial charge in [-0.2, -0.15) is 0 Å². The Hall–Kier alpha value is -1.45. The third-order valence-electron chi connectivity index (χ3n) is 2.93. The number of nitrogens with one attached hydrogen (secondary N) is 1. The summed E-state index contributed by atoms with van der Waals surface area (Å²) in [6, 6.07) is 10.9. The van der Waals surface area contributed by atoms with Gasteiger partial charge in [0.15, 0.2) is 0 Å². The van der Waals surface area contributed by atoms with Crippen molar-refractivity contribution in [3.8, 4) is 0 Å². The van der Waals surface area contributed by atoms with Crippen LogP contribution in [0.1, 0.15) is 11.6 Å². The number of pyridine rings is 1. The highest BCUT2D eigenvalue weighted by molar-refractivity contribution is 5.79. The molecule has 1 unspecified atom stereocenters. The molecule has 1 aromatic carbocycles. The Bertz CT molecular complexity index is 494. The lowest BCUT2D eigenvalue weighted by molar-refractivity contribution is 0.353. The predicted molar refractivity (Wildman–Crippen MR) is 72.1 cm³/mol. The molecule has 90 valence electrons. The van der Waals surface area contributed by atoms with Crippen molar-refractivity contribution >= 4 is 10.9 Å². The normalized spacial score (nSPS) is 13.2. The summed E-state index contributed by atoms with van der Waals surface area (Å²) in [5.74, 6) is 0. The minimum Gasteiger partial charge on any atom is -0.312 e. The smallest absolute Gasteiger partial charge is 0.0702 e. The van der Waals surface area contributed by atoms with E-state index in [9.17, 15) is 0 Å². The molecule has 3 heteroatoms. The van der Waals surface area contributed by atoms with Crippen LogP contribution in [-0.2, 0) is 0 Å². The number of hydrogen-bond acceptors (Lipinski definition) is 3. The average molecular weight is 229 g/mol. The maximum absolute atomic E-state index is 4.34. The summed E-state index contributed by atoms with van der Waals surface area (Å²) in [6.07, 6.45) is 1.83. The Kier molecular flexibility index (Phi) is 3.71. The number of fused-ring (bicyclic) bond motifs is 1. The van der Waals surface area contributed by atoms with E-state index in [0.717, 1.165) is 12.1 Å². The molecule has 2 rings (SSSR count). The molecular weight excluding hydrogens is 210 g/mol. The number of rotatable bonds is 4. The molecule has 0 saturated carbocycles. The summed E-state index contributed by atoms with van der Waals surface area (Å²) < 4.78 is 0. The Morgan fingerprint density at radius 3 is 2.82 bits per heavy atom. The highest BCUT2D eigenvalue weighted by atomic mass is 15.1. The summed E-state index contributed by atoms with van der Waals surface area (Å²) in [5, 5.41) is 4.55. The van der Waals surface area contributed by atoms with Gasteiger partial charge in [-0.25, -0.2) is 0 Å². The SMILES string of the molecule is CNC(CN(C)C)c1ccc2ncccc2c1. The Labute approximate surface area is 102 Å². The van der Waals surface area contributed by atoms with Gasteiger partial charge in [0.05, 0.1) is 5.52 Å². The summed E-state index contributed by atoms with van der Waals surface area (Å²) in [5.41, 5.74) is 2.36. The Morgan fingerprint density at radius 1 is 1.29 bits per heavy atom. The predicted octanol–water partition coefficient (Wildman–Crippen LogP) is 2.06. The van der Waals surface area contributed by atoms with Crippen LogP contribution in [0.4, 0.5) is 0 Å². The summed E-state index contributed by atoms with van der Waals surface area (Å²) in [7, 11) is 6.18. The summed E-state index contributed by atoms with van der Waals surface area (Å²) in [4.78, 5) is 6.53. The van der Waals surface area contributed by atoms with Gasteiger partial charge in [0, 0.05) is 24.2 Å². The van der Waals surface area contributed by atoms with Crippen molar-refractivity contribution < 1.29 is 0 Å². The first-order valence-corrected chi connectivity index (χ1v) is 5.87. The molecule has 1 aromatic heterocycles. The van der Waals surface area contributed by atoms with Crippen LogP contribution in [0.2, 0.25) is 0 Å². The van der Waals surface area contributed by atoms with Crippen LogP contribution in [0.5, 0.6) is 0 Å². The maximum Gasteiger partial charge on any atom is 0.0702 e. The molecule has 0 aliphatic carbocycles. The molecule has 1 heterocycles. The summed E-state index contributed by atoms with van der Waals surface area (Å²) in [6.45, 7) is 0.988. The van der Waals surface area contributed by atoms with Crippen LogP contribution < -0.4 is 5.32 Å². The largest absolute Gasteiger partial charge is 0.312 e. The fourth-order valence-corrected chi connectivity index (χ4v) is 2.04. The number of hydrogen-bond donors (Lipinski definition) is 1. The van der Waals surface area contributed by atoms with Crippen LogP contribution in [0.3, 0.4) is 0 Å². The summed E-state index contributed by atoms with van der Waals surface area (Å²) >= 11 is 0. The van der Waals surface area contributed by atoms with Crippen molar-refractivity contribution in [1.82, 2.24) is 15.2 Å². The molecule has 1 N–H and O–H groups in total. The van der Waals surface area contributed by atoms with Gasteiger partial charge in [-0.3, -0.25) is 4.98 Å². The van der Waals surface area contributed by atoms with Crippen LogP contribution >= 0.6 is 0 Å². The van der Waals surface area contributed by atoms with E-state index in [0.29, 0.717) is 6.04 Å². The van der Waals surface area contributed by atoms with Gasteiger partial charge in [0.1, 0.15) is 0 Å². The molecule has 0 spiro atoms. The lowest BCUT2D eigenvalue weighted by atomic mass is 10.0. The third kappa shape index (κ3) is 2.81. The average Bonchev–Trinajstić information content (AvgIpc) is 2.35. The van der Waals surface area contributed by atoms with Crippen molar-refractivity contribution in [1.29, 1.82) is 0 Å². The van der Waals surface area contributed by atoms with Gasteiger partial charge in [-0.1, -0.05) is 12.1 Å². The van der Waals surface area contributed by atoms with E-state index in [2.05, 4.69) is 53.6 Å². The Balaban J connectivity index is 2.34. The molecule has 17 heavy (non-hydrogen) atoms. The fraction of sp³-hybridized carbons (Fsp3) is 0.357. The second kappa shape index (κ2) is 5.25. The zero-order valence-corrected chi connectivity index (χ0v) is 10.6. The molecule has 0 amide bonds. The van der Waals surface area contributed by atoms with Gasteiger partial charge >= 0.3 is 0 Å². The van der Waals surface area contributed by atoms with Crippen molar-refractivity contribution in [3.05, 3.63) is 42.1 Å². The number of aromatic nitrogens is 1. The van der Waals surface area contributed by atoms with Crippen LogP contribution in [0.25, 0.3) is 10.9 Å². The third-order valence-corrected chi connectivity index (χ3v) is 2.93. The number of likely N-dealkylation sites (N-methyl/N-ethyl adjacent to an activating group) is 2. The van der Waals surface area contributed by atoms with Crippen molar-refractivity contribution in [2.75, 3.05) is 27.7 Å². The molecule has 0 aliphatic heterocycles. The molecular formula is C14H19N3. The molecule has 1 atom stereocenters. The van der Waals surface area contributed by atoms with E-state index in [1.54, 1.807) is 0 Å². The van der Waals surface area contributed by atoms with Crippen molar-refractivity contribution in [2.24, 2.45) is 0 Å².